The molecule has 0 spiro atoms. The summed E-state index contributed by atoms with van der Waals surface area (Å²) in [4.78, 5) is 0. The summed E-state index contributed by atoms with van der Waals surface area (Å²) < 4.78 is 20.6. The van der Waals surface area contributed by atoms with Gasteiger partial charge in [0, 0.05) is 0 Å². The molecule has 0 radical (unpaired) electrons. The highest BCUT2D eigenvalue weighted by Crippen LogP contribution is 2.58. The van der Waals surface area contributed by atoms with Crippen molar-refractivity contribution >= 4 is 0 Å². The third-order valence-electron chi connectivity index (χ3n) is 3.95. The van der Waals surface area contributed by atoms with E-state index >= 15 is 0 Å². The first kappa shape index (κ1) is 10.9. The van der Waals surface area contributed by atoms with Crippen LogP contribution in [0.1, 0.15) is 36.2 Å². The second kappa shape index (κ2) is 3.51. The minimum absolute atomic E-state index is 0.121. The van der Waals surface area contributed by atoms with Crippen LogP contribution in [0.5, 0.6) is 11.8 Å². The van der Waals surface area contributed by atoms with Gasteiger partial charge in [-0.1, -0.05) is 12.1 Å². The first-order chi connectivity index (χ1) is 9.18. The van der Waals surface area contributed by atoms with Crippen LogP contribution in [0.2, 0.25) is 0 Å². The number of fused-ring (bicyclic) bond motifs is 5. The fraction of sp³-hybridized carbons (Fsp3) is 0.286. The van der Waals surface area contributed by atoms with E-state index in [9.17, 15) is 14.6 Å². The fourth-order valence-corrected chi connectivity index (χ4v) is 3.14. The van der Waals surface area contributed by atoms with Gasteiger partial charge in [0.05, 0.1) is 29.0 Å². The van der Waals surface area contributed by atoms with Crippen LogP contribution in [0.15, 0.2) is 24.3 Å². The van der Waals surface area contributed by atoms with Crippen LogP contribution in [-0.4, -0.2) is 14.8 Å². The molecule has 2 bridgehead atoms. The monoisotopic (exact) mass is 261 g/mol. The van der Waals surface area contributed by atoms with Crippen molar-refractivity contribution in [2.75, 3.05) is 0 Å². The number of hydrogen-bond donors (Lipinski definition) is 2. The van der Waals surface area contributed by atoms with Crippen molar-refractivity contribution in [3.63, 3.8) is 0 Å². The molecule has 19 heavy (non-hydrogen) atoms. The van der Waals surface area contributed by atoms with Crippen LogP contribution in [0.3, 0.4) is 0 Å². The molecule has 4 rings (SSSR count). The van der Waals surface area contributed by atoms with Gasteiger partial charge in [0.2, 0.25) is 11.8 Å². The highest BCUT2D eigenvalue weighted by atomic mass is 19.1. The molecule has 2 aromatic rings. The van der Waals surface area contributed by atoms with E-state index in [2.05, 4.69) is 0 Å². The summed E-state index contributed by atoms with van der Waals surface area (Å²) in [5, 5.41) is 20.6. The van der Waals surface area contributed by atoms with Gasteiger partial charge in [-0.05, 0) is 25.0 Å². The van der Waals surface area contributed by atoms with E-state index in [0.29, 0.717) is 11.1 Å². The summed E-state index contributed by atoms with van der Waals surface area (Å²) in [7, 11) is 0. The Kier molecular flexibility index (Phi) is 2.01. The lowest BCUT2D eigenvalue weighted by atomic mass is 9.95. The Morgan fingerprint density at radius 1 is 1.05 bits per heavy atom. The van der Waals surface area contributed by atoms with Gasteiger partial charge in [0.25, 0.3) is 0 Å². The summed E-state index contributed by atoms with van der Waals surface area (Å²) in [5.41, 5.74) is 1.36. The first-order valence-electron chi connectivity index (χ1n) is 6.25. The van der Waals surface area contributed by atoms with Crippen molar-refractivity contribution in [2.24, 2.45) is 0 Å². The predicted molar refractivity (Wildman–Crippen MR) is 64.9 cm³/mol. The summed E-state index contributed by atoms with van der Waals surface area (Å²) in [6.45, 7) is 0. The van der Waals surface area contributed by atoms with Crippen molar-refractivity contribution < 1.29 is 19.3 Å². The van der Waals surface area contributed by atoms with Gasteiger partial charge in [0.1, 0.15) is 5.82 Å². The highest BCUT2D eigenvalue weighted by Gasteiger charge is 2.45. The van der Waals surface area contributed by atoms with Gasteiger partial charge in [-0.25, -0.2) is 8.96 Å². The lowest BCUT2D eigenvalue weighted by Crippen LogP contribution is -1.98. The molecule has 0 amide bonds. The average molecular weight is 261 g/mol. The maximum absolute atomic E-state index is 13.8. The molecule has 5 heteroatoms. The zero-order valence-corrected chi connectivity index (χ0v) is 10.0. The van der Waals surface area contributed by atoms with E-state index in [1.54, 1.807) is 12.1 Å². The van der Waals surface area contributed by atoms with E-state index in [1.807, 2.05) is 0 Å². The van der Waals surface area contributed by atoms with Crippen molar-refractivity contribution in [3.05, 3.63) is 41.2 Å². The first-order valence-corrected chi connectivity index (χ1v) is 6.25. The Bertz CT molecular complexity index is 646. The van der Waals surface area contributed by atoms with Crippen LogP contribution in [0.4, 0.5) is 4.39 Å². The molecule has 0 saturated carbocycles. The molecule has 1 aromatic carbocycles. The molecular weight excluding hydrogens is 249 g/mol. The van der Waals surface area contributed by atoms with Gasteiger partial charge in [0.15, 0.2) is 0 Å². The number of aromatic nitrogens is 1. The van der Waals surface area contributed by atoms with Crippen LogP contribution >= 0.6 is 0 Å². The van der Waals surface area contributed by atoms with Crippen LogP contribution in [-0.2, 0) is 4.74 Å². The van der Waals surface area contributed by atoms with Crippen molar-refractivity contribution in [1.82, 2.24) is 4.57 Å². The molecule has 2 N–H and O–H groups in total. The van der Waals surface area contributed by atoms with Gasteiger partial charge >= 0.3 is 0 Å². The normalized spacial score (nSPS) is 23.8. The Morgan fingerprint density at radius 2 is 1.63 bits per heavy atom. The minimum Gasteiger partial charge on any atom is -0.494 e. The number of ether oxygens (including phenoxy) is 1. The Balaban J connectivity index is 1.99. The zero-order chi connectivity index (χ0) is 13.1. The minimum atomic E-state index is -0.491. The molecule has 1 saturated heterocycles. The maximum Gasteiger partial charge on any atom is 0.205 e. The second-order valence-electron chi connectivity index (χ2n) is 4.95. The van der Waals surface area contributed by atoms with Crippen molar-refractivity contribution in [3.8, 4) is 17.4 Å². The highest BCUT2D eigenvalue weighted by molar-refractivity contribution is 5.57. The molecule has 2 aliphatic rings. The largest absolute Gasteiger partial charge is 0.494 e. The Hall–Kier alpha value is -2.01. The molecule has 2 aliphatic heterocycles. The number of rotatable bonds is 1. The number of benzene rings is 1. The Morgan fingerprint density at radius 3 is 2.21 bits per heavy atom. The fourth-order valence-electron chi connectivity index (χ4n) is 3.14. The number of hydrogen-bond acceptors (Lipinski definition) is 3. The molecule has 4 nitrogen and oxygen atoms in total. The molecule has 0 aliphatic carbocycles. The molecule has 2 unspecified atom stereocenters. The smallest absolute Gasteiger partial charge is 0.205 e. The van der Waals surface area contributed by atoms with Crippen LogP contribution in [0, 0.1) is 5.82 Å². The van der Waals surface area contributed by atoms with E-state index in [4.69, 9.17) is 4.74 Å². The van der Waals surface area contributed by atoms with Gasteiger partial charge in [-0.15, -0.1) is 0 Å². The van der Waals surface area contributed by atoms with Crippen molar-refractivity contribution in [2.45, 2.75) is 25.0 Å². The third-order valence-corrected chi connectivity index (χ3v) is 3.95. The summed E-state index contributed by atoms with van der Waals surface area (Å²) in [5.74, 6) is -0.732. The van der Waals surface area contributed by atoms with Crippen molar-refractivity contribution in [1.29, 1.82) is 0 Å². The topological polar surface area (TPSA) is 54.6 Å². The van der Waals surface area contributed by atoms with E-state index in [0.717, 1.165) is 17.4 Å². The number of nitrogens with zero attached hydrogens (tertiary/aromatic N) is 1. The van der Waals surface area contributed by atoms with E-state index < -0.39 is 5.82 Å². The molecule has 3 heterocycles. The number of aromatic hydroxyl groups is 2. The number of para-hydroxylation sites is 1. The molecule has 1 aromatic heterocycles. The molecular formula is C14H12FNO3. The molecule has 1 fully saturated rings. The van der Waals surface area contributed by atoms with E-state index in [1.165, 1.54) is 12.1 Å². The summed E-state index contributed by atoms with van der Waals surface area (Å²) >= 11 is 0. The lowest BCUT2D eigenvalue weighted by molar-refractivity contribution is 0.0682. The number of halogens is 1. The zero-order valence-electron chi connectivity index (χ0n) is 10.0. The predicted octanol–water partition coefficient (Wildman–Crippen LogP) is 2.93. The SMILES string of the molecule is Oc1c2c(c(O)n1-c1ccccc1F)C1CCC2O1. The molecule has 98 valence electrons. The quantitative estimate of drug-likeness (QED) is 0.829. The standard InChI is InChI=1S/C14H12FNO3/c15-7-3-1-2-4-8(7)16-13(17)11-9-5-6-10(19-9)12(11)14(16)18/h1-4,9-10,17-18H,5-6H2. The van der Waals surface area contributed by atoms with Gasteiger partial charge in [-0.2, -0.15) is 0 Å². The summed E-state index contributed by atoms with van der Waals surface area (Å²) in [6, 6.07) is 6.04. The average Bonchev–Trinajstić information content (AvgIpc) is 3.06. The van der Waals surface area contributed by atoms with E-state index in [-0.39, 0.29) is 29.7 Å². The molecule has 2 atom stereocenters. The van der Waals surface area contributed by atoms with Gasteiger partial charge in [-0.3, -0.25) is 0 Å². The lowest BCUT2D eigenvalue weighted by Gasteiger charge is -2.10. The second-order valence-corrected chi connectivity index (χ2v) is 4.95. The van der Waals surface area contributed by atoms with Gasteiger partial charge < -0.3 is 14.9 Å². The third kappa shape index (κ3) is 1.25. The maximum atomic E-state index is 13.8. The van der Waals surface area contributed by atoms with Crippen LogP contribution < -0.4 is 0 Å². The van der Waals surface area contributed by atoms with Crippen LogP contribution in [0.25, 0.3) is 5.69 Å². The Labute approximate surface area is 108 Å². The summed E-state index contributed by atoms with van der Waals surface area (Å²) in [6.07, 6.45) is 1.29.